The normalized spacial score (nSPS) is 18.6. The number of likely N-dealkylation sites (tertiary alicyclic amines) is 1. The van der Waals surface area contributed by atoms with Gasteiger partial charge in [0.15, 0.2) is 5.82 Å². The molecule has 6 heteroatoms. The van der Waals surface area contributed by atoms with E-state index in [0.29, 0.717) is 24.8 Å². The van der Waals surface area contributed by atoms with E-state index in [2.05, 4.69) is 24.0 Å². The third kappa shape index (κ3) is 4.19. The first kappa shape index (κ1) is 16.2. The monoisotopic (exact) mass is 333 g/mol. The van der Waals surface area contributed by atoms with Gasteiger partial charge in [-0.25, -0.2) is 0 Å². The molecule has 1 saturated heterocycles. The highest BCUT2D eigenvalue weighted by Gasteiger charge is 2.28. The topological polar surface area (TPSA) is 59.2 Å². The summed E-state index contributed by atoms with van der Waals surface area (Å²) in [7, 11) is 0. The van der Waals surface area contributed by atoms with Crippen LogP contribution < -0.4 is 0 Å². The fraction of sp³-hybridized carbons (Fsp3) is 0.588. The van der Waals surface area contributed by atoms with Gasteiger partial charge in [0, 0.05) is 24.4 Å². The molecule has 5 nitrogen and oxygen atoms in total. The van der Waals surface area contributed by atoms with Gasteiger partial charge in [-0.2, -0.15) is 4.98 Å². The maximum atomic E-state index is 12.5. The van der Waals surface area contributed by atoms with Gasteiger partial charge in [-0.1, -0.05) is 25.1 Å². The molecule has 0 N–H and O–H groups in total. The lowest BCUT2D eigenvalue weighted by Crippen LogP contribution is -2.39. The number of piperidine rings is 1. The van der Waals surface area contributed by atoms with Crippen LogP contribution in [0.4, 0.5) is 0 Å². The molecule has 2 aromatic rings. The SMILES string of the molecule is CC(C)Cc1noc([C@@H]2CCCN(C(=O)Cc3cccs3)C2)n1. The number of thiophene rings is 1. The van der Waals surface area contributed by atoms with Crippen LogP contribution in [0.1, 0.15) is 49.2 Å². The molecule has 0 spiro atoms. The van der Waals surface area contributed by atoms with Gasteiger partial charge in [0.05, 0.1) is 12.3 Å². The minimum absolute atomic E-state index is 0.171. The van der Waals surface area contributed by atoms with E-state index < -0.39 is 0 Å². The molecule has 0 saturated carbocycles. The van der Waals surface area contributed by atoms with Gasteiger partial charge < -0.3 is 9.42 Å². The predicted molar refractivity (Wildman–Crippen MR) is 89.4 cm³/mol. The first-order valence-corrected chi connectivity index (χ1v) is 9.12. The minimum Gasteiger partial charge on any atom is -0.342 e. The number of amides is 1. The molecule has 1 aliphatic rings. The Kier molecular flexibility index (Phi) is 5.10. The summed E-state index contributed by atoms with van der Waals surface area (Å²) in [6, 6.07) is 4.00. The molecule has 0 radical (unpaired) electrons. The van der Waals surface area contributed by atoms with Gasteiger partial charge in [-0.05, 0) is 30.2 Å². The molecule has 3 rings (SSSR count). The van der Waals surface area contributed by atoms with Crippen molar-refractivity contribution in [2.45, 2.75) is 45.4 Å². The Balaban J connectivity index is 1.61. The van der Waals surface area contributed by atoms with Crippen molar-refractivity contribution in [3.8, 4) is 0 Å². The van der Waals surface area contributed by atoms with Crippen LogP contribution in [0.25, 0.3) is 0 Å². The van der Waals surface area contributed by atoms with E-state index in [0.717, 1.165) is 36.5 Å². The fourth-order valence-corrected chi connectivity index (χ4v) is 3.66. The van der Waals surface area contributed by atoms with Crippen LogP contribution in [-0.2, 0) is 17.6 Å². The van der Waals surface area contributed by atoms with E-state index >= 15 is 0 Å². The van der Waals surface area contributed by atoms with Crippen molar-refractivity contribution >= 4 is 17.2 Å². The largest absolute Gasteiger partial charge is 0.342 e. The molecule has 1 amide bonds. The molecule has 2 aromatic heterocycles. The van der Waals surface area contributed by atoms with Crippen LogP contribution in [0.5, 0.6) is 0 Å². The second-order valence-corrected chi connectivity index (χ2v) is 7.61. The van der Waals surface area contributed by atoms with E-state index in [9.17, 15) is 4.79 Å². The van der Waals surface area contributed by atoms with Gasteiger partial charge in [-0.15, -0.1) is 11.3 Å². The summed E-state index contributed by atoms with van der Waals surface area (Å²) in [5.74, 6) is 2.34. The Morgan fingerprint density at radius 3 is 3.13 bits per heavy atom. The lowest BCUT2D eigenvalue weighted by atomic mass is 9.97. The lowest BCUT2D eigenvalue weighted by Gasteiger charge is -2.31. The summed E-state index contributed by atoms with van der Waals surface area (Å²) in [6.45, 7) is 5.80. The first-order valence-electron chi connectivity index (χ1n) is 8.24. The number of carbonyl (C=O) groups is 1. The Morgan fingerprint density at radius 2 is 2.39 bits per heavy atom. The highest BCUT2D eigenvalue weighted by molar-refractivity contribution is 7.10. The number of carbonyl (C=O) groups excluding carboxylic acids is 1. The minimum atomic E-state index is 0.171. The average molecular weight is 333 g/mol. The van der Waals surface area contributed by atoms with Crippen molar-refractivity contribution in [2.24, 2.45) is 5.92 Å². The van der Waals surface area contributed by atoms with Crippen molar-refractivity contribution in [1.29, 1.82) is 0 Å². The van der Waals surface area contributed by atoms with Gasteiger partial charge in [0.2, 0.25) is 11.8 Å². The van der Waals surface area contributed by atoms with Crippen molar-refractivity contribution < 1.29 is 9.32 Å². The van der Waals surface area contributed by atoms with Gasteiger partial charge in [0.1, 0.15) is 0 Å². The van der Waals surface area contributed by atoms with Crippen LogP contribution in [0.3, 0.4) is 0 Å². The molecule has 1 fully saturated rings. The lowest BCUT2D eigenvalue weighted by molar-refractivity contribution is -0.131. The van der Waals surface area contributed by atoms with Crippen LogP contribution >= 0.6 is 11.3 Å². The van der Waals surface area contributed by atoms with Gasteiger partial charge >= 0.3 is 0 Å². The van der Waals surface area contributed by atoms with E-state index in [1.54, 1.807) is 11.3 Å². The van der Waals surface area contributed by atoms with E-state index in [1.807, 2.05) is 22.4 Å². The van der Waals surface area contributed by atoms with Crippen LogP contribution in [0.2, 0.25) is 0 Å². The van der Waals surface area contributed by atoms with Crippen LogP contribution in [-0.4, -0.2) is 34.0 Å². The summed E-state index contributed by atoms with van der Waals surface area (Å²) in [5, 5.41) is 6.08. The Hall–Kier alpha value is -1.69. The molecule has 0 aliphatic carbocycles. The number of hydrogen-bond acceptors (Lipinski definition) is 5. The van der Waals surface area contributed by atoms with E-state index in [-0.39, 0.29) is 11.8 Å². The maximum absolute atomic E-state index is 12.5. The Bertz CT molecular complexity index is 636. The van der Waals surface area contributed by atoms with Gasteiger partial charge in [-0.3, -0.25) is 4.79 Å². The van der Waals surface area contributed by atoms with Crippen LogP contribution in [0, 0.1) is 5.92 Å². The smallest absolute Gasteiger partial charge is 0.231 e. The highest BCUT2D eigenvalue weighted by Crippen LogP contribution is 2.26. The second-order valence-electron chi connectivity index (χ2n) is 6.58. The van der Waals surface area contributed by atoms with Crippen molar-refractivity contribution in [3.63, 3.8) is 0 Å². The molecule has 1 aliphatic heterocycles. The maximum Gasteiger partial charge on any atom is 0.231 e. The van der Waals surface area contributed by atoms with Gasteiger partial charge in [0.25, 0.3) is 0 Å². The summed E-state index contributed by atoms with van der Waals surface area (Å²) >= 11 is 1.63. The van der Waals surface area contributed by atoms with Crippen molar-refractivity contribution in [3.05, 3.63) is 34.1 Å². The molecular weight excluding hydrogens is 310 g/mol. The standard InChI is InChI=1S/C17H23N3O2S/c1-12(2)9-15-18-17(22-19-15)13-5-3-7-20(11-13)16(21)10-14-6-4-8-23-14/h4,6,8,12-13H,3,5,7,9-11H2,1-2H3/t13-/m1/s1. The fourth-order valence-electron chi connectivity index (χ4n) is 2.96. The Morgan fingerprint density at radius 1 is 1.52 bits per heavy atom. The highest BCUT2D eigenvalue weighted by atomic mass is 32.1. The molecule has 124 valence electrons. The Labute approximate surface area is 140 Å². The predicted octanol–water partition coefficient (Wildman–Crippen LogP) is 3.28. The van der Waals surface area contributed by atoms with E-state index in [4.69, 9.17) is 4.52 Å². The third-order valence-corrected chi connectivity index (χ3v) is 4.98. The number of hydrogen-bond donors (Lipinski definition) is 0. The van der Waals surface area contributed by atoms with Crippen molar-refractivity contribution in [1.82, 2.24) is 15.0 Å². The average Bonchev–Trinajstić information content (AvgIpc) is 3.18. The van der Waals surface area contributed by atoms with Crippen molar-refractivity contribution in [2.75, 3.05) is 13.1 Å². The third-order valence-electron chi connectivity index (χ3n) is 4.10. The first-order chi connectivity index (χ1) is 11.1. The zero-order valence-corrected chi connectivity index (χ0v) is 14.5. The molecule has 0 bridgehead atoms. The second kappa shape index (κ2) is 7.25. The van der Waals surface area contributed by atoms with Crippen LogP contribution in [0.15, 0.2) is 22.0 Å². The number of rotatable bonds is 5. The summed E-state index contributed by atoms with van der Waals surface area (Å²) in [4.78, 5) is 20.1. The zero-order valence-electron chi connectivity index (χ0n) is 13.7. The zero-order chi connectivity index (χ0) is 16.2. The molecule has 23 heavy (non-hydrogen) atoms. The summed E-state index contributed by atoms with van der Waals surface area (Å²) in [5.41, 5.74) is 0. The molecule has 0 unspecified atom stereocenters. The number of aromatic nitrogens is 2. The summed E-state index contributed by atoms with van der Waals surface area (Å²) < 4.78 is 5.44. The summed E-state index contributed by atoms with van der Waals surface area (Å²) in [6.07, 6.45) is 3.32. The number of nitrogens with zero attached hydrogens (tertiary/aromatic N) is 3. The molecular formula is C17H23N3O2S. The molecule has 1 atom stereocenters. The van der Waals surface area contributed by atoms with E-state index in [1.165, 1.54) is 0 Å². The molecule has 0 aromatic carbocycles. The quantitative estimate of drug-likeness (QED) is 0.842. The molecule has 3 heterocycles.